The molecular weight excluding hydrogens is 965 g/mol. The van der Waals surface area contributed by atoms with Gasteiger partial charge in [-0.2, -0.15) is 0 Å². The Morgan fingerprint density at radius 1 is 0.389 bits per heavy atom. The van der Waals surface area contributed by atoms with Crippen molar-refractivity contribution in [2.24, 2.45) is 5.73 Å². The van der Waals surface area contributed by atoms with E-state index in [9.17, 15) is 98.4 Å². The second-order valence-electron chi connectivity index (χ2n) is 15.9. The number of amides is 7. The second kappa shape index (κ2) is 29.6. The lowest BCUT2D eigenvalue weighted by Gasteiger charge is -2.27. The molecule has 0 saturated heterocycles. The van der Waals surface area contributed by atoms with Crippen LogP contribution in [0.3, 0.4) is 0 Å². The third kappa shape index (κ3) is 21.5. The summed E-state index contributed by atoms with van der Waals surface area (Å²) in [7, 11) is 0. The molecule has 0 fully saturated rings. The summed E-state index contributed by atoms with van der Waals surface area (Å²) in [5.74, 6) is -16.9. The second-order valence-corrected chi connectivity index (χ2v) is 15.9. The van der Waals surface area contributed by atoms with E-state index in [0.29, 0.717) is 5.56 Å². The Morgan fingerprint density at radius 3 is 1.07 bits per heavy atom. The number of hydrogen-bond acceptors (Lipinski definition) is 17. The molecule has 2 aromatic carbocycles. The molecule has 0 aliphatic heterocycles. The zero-order valence-corrected chi connectivity index (χ0v) is 38.0. The van der Waals surface area contributed by atoms with Gasteiger partial charge in [0.05, 0.1) is 25.7 Å². The summed E-state index contributed by atoms with van der Waals surface area (Å²) in [4.78, 5) is 152. The van der Waals surface area contributed by atoms with Gasteiger partial charge in [0, 0.05) is 25.7 Å². The van der Waals surface area contributed by atoms with E-state index in [0.717, 1.165) is 0 Å². The lowest BCUT2D eigenvalue weighted by molar-refractivity contribution is -0.144. The minimum atomic E-state index is -2.01. The fourth-order valence-electron chi connectivity index (χ4n) is 6.34. The molecule has 0 spiro atoms. The number of phenols is 2. The number of aliphatic hydroxyl groups excluding tert-OH is 2. The van der Waals surface area contributed by atoms with Crippen LogP contribution in [0.1, 0.15) is 56.1 Å². The number of carbonyl (C=O) groups excluding carboxylic acids is 7. The molecular formula is C43H56N8O21. The Balaban J connectivity index is 2.40. The molecule has 2 aromatic rings. The highest BCUT2D eigenvalue weighted by Gasteiger charge is 2.35. The number of carbonyl (C=O) groups is 12. The van der Waals surface area contributed by atoms with Crippen LogP contribution in [-0.2, 0) is 70.4 Å². The van der Waals surface area contributed by atoms with Crippen molar-refractivity contribution < 1.29 is 103 Å². The van der Waals surface area contributed by atoms with E-state index >= 15 is 0 Å². The fraction of sp³-hybridized carbons (Fsp3) is 0.442. The van der Waals surface area contributed by atoms with E-state index in [1.165, 1.54) is 48.5 Å². The average molecular weight is 1020 g/mol. The first-order chi connectivity index (χ1) is 33.8. The molecule has 0 unspecified atom stereocenters. The van der Waals surface area contributed by atoms with E-state index in [1.54, 1.807) is 0 Å². The van der Waals surface area contributed by atoms with Crippen molar-refractivity contribution in [3.63, 3.8) is 0 Å². The summed E-state index contributed by atoms with van der Waals surface area (Å²) >= 11 is 0. The van der Waals surface area contributed by atoms with Gasteiger partial charge in [-0.25, -0.2) is 4.79 Å². The van der Waals surface area contributed by atoms with Gasteiger partial charge in [0.25, 0.3) is 0 Å². The molecule has 29 nitrogen and oxygen atoms in total. The van der Waals surface area contributed by atoms with Gasteiger partial charge in [-0.05, 0) is 61.1 Å². The highest BCUT2D eigenvalue weighted by Crippen LogP contribution is 2.14. The number of hydrogen-bond donors (Lipinski definition) is 17. The molecule has 0 bridgehead atoms. The van der Waals surface area contributed by atoms with Gasteiger partial charge < -0.3 is 88.9 Å². The number of phenolic OH excluding ortho intramolecular Hbond substituents is 2. The van der Waals surface area contributed by atoms with Crippen molar-refractivity contribution in [2.75, 3.05) is 13.2 Å². The van der Waals surface area contributed by atoms with Crippen LogP contribution >= 0.6 is 0 Å². The lowest BCUT2D eigenvalue weighted by Crippen LogP contribution is -2.61. The van der Waals surface area contributed by atoms with Crippen LogP contribution in [0.15, 0.2) is 48.5 Å². The Labute approximate surface area is 407 Å². The summed E-state index contributed by atoms with van der Waals surface area (Å²) < 4.78 is 0. The molecule has 0 radical (unpaired) electrons. The molecule has 394 valence electrons. The van der Waals surface area contributed by atoms with Crippen LogP contribution in [-0.4, -0.2) is 179 Å². The minimum Gasteiger partial charge on any atom is -0.508 e. The predicted molar refractivity (Wildman–Crippen MR) is 240 cm³/mol. The maximum absolute atomic E-state index is 14.0. The number of aliphatic hydroxyl groups is 2. The standard InChI is InChI=1S/C43H56N8O21/c44-24(15-20-1-5-22(54)6-2-20)36(64)48-29(17-35(62)63)40(68)51-30(18-52)41(69)46-25(9-12-32(56)57)37(65)49-28(16-21-3-7-23(55)8-4-21)39(67)45-26(10-13-33(58)59)38(66)50-31(19-53)42(70)47-27(43(71)72)11-14-34(60)61/h1-8,24-31,52-55H,9-19,44H2,(H,45,67)(H,46,69)(H,47,70)(H,48,64)(H,49,65)(H,50,66)(H,51,68)(H,56,57)(H,58,59)(H,60,61)(H,62,63)(H,71,72)/t24-,25-,26+,27-,28-,29-,30-,31-/m0/s1. The molecule has 7 amide bonds. The topological polar surface area (TPSA) is 497 Å². The van der Waals surface area contributed by atoms with Gasteiger partial charge in [-0.3, -0.25) is 52.7 Å². The van der Waals surface area contributed by atoms with Gasteiger partial charge in [0.15, 0.2) is 0 Å². The molecule has 0 aliphatic rings. The van der Waals surface area contributed by atoms with E-state index in [-0.39, 0.29) is 23.5 Å². The number of benzene rings is 2. The number of aromatic hydroxyl groups is 2. The number of rotatable bonds is 32. The van der Waals surface area contributed by atoms with Gasteiger partial charge in [0.1, 0.15) is 53.8 Å². The Morgan fingerprint density at radius 2 is 0.694 bits per heavy atom. The molecule has 2 rings (SSSR count). The SMILES string of the molecule is N[C@@H](Cc1ccc(O)cc1)C(=O)N[C@@H](CC(=O)O)C(=O)N[C@@H](CO)C(=O)N[C@@H](CCC(=O)O)C(=O)N[C@@H](Cc1ccc(O)cc1)C(=O)N[C@H](CCC(=O)O)C(=O)N[C@@H](CO)C(=O)N[C@@H](CCC(=O)O)C(=O)O. The Bertz CT molecular complexity index is 2280. The van der Waals surface area contributed by atoms with Crippen molar-refractivity contribution in [2.45, 2.75) is 106 Å². The van der Waals surface area contributed by atoms with Gasteiger partial charge in [-0.1, -0.05) is 24.3 Å². The van der Waals surface area contributed by atoms with Crippen LogP contribution in [0.4, 0.5) is 0 Å². The van der Waals surface area contributed by atoms with Gasteiger partial charge in [0.2, 0.25) is 41.4 Å². The Kier molecular flexibility index (Phi) is 24.5. The normalized spacial score (nSPS) is 14.2. The van der Waals surface area contributed by atoms with E-state index in [4.69, 9.17) is 10.8 Å². The largest absolute Gasteiger partial charge is 0.508 e. The zero-order chi connectivity index (χ0) is 54.2. The molecule has 8 atom stereocenters. The summed E-state index contributed by atoms with van der Waals surface area (Å²) in [5, 5.41) is 101. The average Bonchev–Trinajstić information content (AvgIpc) is 3.31. The van der Waals surface area contributed by atoms with Crippen LogP contribution in [0.25, 0.3) is 0 Å². The molecule has 0 aliphatic carbocycles. The van der Waals surface area contributed by atoms with E-state index in [2.05, 4.69) is 21.3 Å². The maximum Gasteiger partial charge on any atom is 0.326 e. The van der Waals surface area contributed by atoms with Crippen molar-refractivity contribution in [1.29, 1.82) is 0 Å². The first-order valence-electron chi connectivity index (χ1n) is 21.6. The summed E-state index contributed by atoms with van der Waals surface area (Å²) in [5.41, 5.74) is 6.64. The van der Waals surface area contributed by atoms with E-state index in [1.807, 2.05) is 16.0 Å². The van der Waals surface area contributed by atoms with Crippen LogP contribution in [0.2, 0.25) is 0 Å². The predicted octanol–water partition coefficient (Wildman–Crippen LogP) is -5.26. The number of carboxylic acid groups (broad SMARTS) is 5. The molecule has 0 aromatic heterocycles. The first-order valence-corrected chi connectivity index (χ1v) is 21.6. The number of nitrogens with one attached hydrogen (secondary N) is 7. The summed E-state index contributed by atoms with van der Waals surface area (Å²) in [6.07, 6.45) is -6.07. The van der Waals surface area contributed by atoms with Crippen molar-refractivity contribution in [3.05, 3.63) is 59.7 Å². The van der Waals surface area contributed by atoms with Crippen LogP contribution in [0.5, 0.6) is 11.5 Å². The number of carboxylic acids is 5. The lowest BCUT2D eigenvalue weighted by atomic mass is 10.0. The summed E-state index contributed by atoms with van der Waals surface area (Å²) in [6, 6.07) is -4.14. The maximum atomic E-state index is 14.0. The third-order valence-corrected chi connectivity index (χ3v) is 10.2. The smallest absolute Gasteiger partial charge is 0.326 e. The fourth-order valence-corrected chi connectivity index (χ4v) is 6.34. The number of aliphatic carboxylic acids is 5. The number of nitrogens with two attached hydrogens (primary N) is 1. The van der Waals surface area contributed by atoms with Gasteiger partial charge >= 0.3 is 29.8 Å². The molecule has 0 saturated carbocycles. The van der Waals surface area contributed by atoms with Crippen molar-refractivity contribution >= 4 is 71.2 Å². The molecule has 29 heteroatoms. The van der Waals surface area contributed by atoms with Crippen LogP contribution < -0.4 is 43.0 Å². The highest BCUT2D eigenvalue weighted by atomic mass is 16.4. The highest BCUT2D eigenvalue weighted by molar-refractivity contribution is 5.98. The first kappa shape index (κ1) is 59.7. The third-order valence-electron chi connectivity index (χ3n) is 10.2. The van der Waals surface area contributed by atoms with Crippen molar-refractivity contribution in [1.82, 2.24) is 37.2 Å². The minimum absolute atomic E-state index is 0.0789. The molecule has 18 N–H and O–H groups in total. The van der Waals surface area contributed by atoms with Crippen LogP contribution in [0, 0.1) is 0 Å². The zero-order valence-electron chi connectivity index (χ0n) is 38.0. The summed E-state index contributed by atoms with van der Waals surface area (Å²) in [6.45, 7) is -2.42. The molecule has 72 heavy (non-hydrogen) atoms. The monoisotopic (exact) mass is 1020 g/mol. The van der Waals surface area contributed by atoms with E-state index < -0.39 is 184 Å². The Hall–Kier alpha value is -8.44. The molecule has 0 heterocycles. The van der Waals surface area contributed by atoms with Crippen molar-refractivity contribution in [3.8, 4) is 11.5 Å². The van der Waals surface area contributed by atoms with Gasteiger partial charge in [-0.15, -0.1) is 0 Å². The quantitative estimate of drug-likeness (QED) is 0.0326.